The van der Waals surface area contributed by atoms with Crippen molar-refractivity contribution in [2.45, 2.75) is 114 Å². The fraction of sp³-hybridized carbons (Fsp3) is 0.476. The first kappa shape index (κ1) is 48.6. The highest BCUT2D eigenvalue weighted by atomic mass is 16.7. The summed E-state index contributed by atoms with van der Waals surface area (Å²) >= 11 is 0. The maximum atomic E-state index is 13.2. The minimum Gasteiger partial charge on any atom is -0.394 e. The van der Waals surface area contributed by atoms with Crippen molar-refractivity contribution in [3.63, 3.8) is 0 Å². The molecule has 0 unspecified atom stereocenters. The summed E-state index contributed by atoms with van der Waals surface area (Å²) in [7, 11) is 0. The number of carbonyl (C=O) groups is 7. The minimum absolute atomic E-state index is 0.0478. The highest BCUT2D eigenvalue weighted by Gasteiger charge is 2.48. The normalized spacial score (nSPS) is 20.4. The van der Waals surface area contributed by atoms with E-state index in [4.69, 9.17) is 25.7 Å². The van der Waals surface area contributed by atoms with Crippen LogP contribution in [0.1, 0.15) is 68.9 Å². The van der Waals surface area contributed by atoms with Crippen LogP contribution in [0.3, 0.4) is 0 Å². The maximum Gasteiger partial charge on any atom is 0.269 e. The van der Waals surface area contributed by atoms with Crippen LogP contribution in [0.25, 0.3) is 10.9 Å². The molecule has 62 heavy (non-hydrogen) atoms. The summed E-state index contributed by atoms with van der Waals surface area (Å²) in [5.74, 6) is -4.90. The molecule has 336 valence electrons. The van der Waals surface area contributed by atoms with Crippen molar-refractivity contribution in [1.29, 1.82) is 0 Å². The van der Waals surface area contributed by atoms with Gasteiger partial charge in [-0.05, 0) is 57.2 Å². The van der Waals surface area contributed by atoms with E-state index in [9.17, 15) is 43.8 Å². The summed E-state index contributed by atoms with van der Waals surface area (Å²) in [5, 5.41) is 34.7. The smallest absolute Gasteiger partial charge is 0.269 e. The molecule has 0 saturated carbocycles. The maximum absolute atomic E-state index is 13.2. The first-order valence-electron chi connectivity index (χ1n) is 20.2. The number of aliphatic hydroxyl groups excluding tert-OH is 2. The van der Waals surface area contributed by atoms with Gasteiger partial charge in [-0.2, -0.15) is 0 Å². The number of para-hydroxylation sites is 1. The zero-order chi connectivity index (χ0) is 45.3. The molecule has 0 bridgehead atoms. The molecule has 1 aromatic heterocycles. The second kappa shape index (κ2) is 23.8. The molecule has 2 aromatic carbocycles. The number of benzene rings is 2. The second-order valence-corrected chi connectivity index (χ2v) is 14.9. The van der Waals surface area contributed by atoms with Crippen LogP contribution in [-0.4, -0.2) is 125 Å². The van der Waals surface area contributed by atoms with E-state index in [-0.39, 0.29) is 44.0 Å². The number of rotatable bonds is 23. The van der Waals surface area contributed by atoms with Gasteiger partial charge in [0, 0.05) is 25.3 Å². The van der Waals surface area contributed by atoms with E-state index in [0.29, 0.717) is 18.4 Å². The third-order valence-corrected chi connectivity index (χ3v) is 10.00. The molecular formula is C42H56N8O12. The largest absolute Gasteiger partial charge is 0.394 e. The first-order chi connectivity index (χ1) is 29.6. The number of carbonyl (C=O) groups excluding carboxylic acids is 7. The highest BCUT2D eigenvalue weighted by molar-refractivity contribution is 5.95. The second-order valence-electron chi connectivity index (χ2n) is 14.9. The summed E-state index contributed by atoms with van der Waals surface area (Å²) in [6.07, 6.45) is -6.09. The SMILES string of the molecule is CC(=O)N[C@H]1[C@@H](OCc2ccccc2)O[C@H](CO)[C@@H](O)[C@@H]1O[C@H](C)C(=O)N[C@@H](C)C(=O)N[C@H](CCC(=O)N[C@@H](CCCCNC(=O)c1ccc2ccccc2n1)C(N)=O)C(N)=O. The Morgan fingerprint density at radius 1 is 0.839 bits per heavy atom. The average Bonchev–Trinajstić information content (AvgIpc) is 3.24. The zero-order valence-electron chi connectivity index (χ0n) is 34.8. The number of nitrogens with one attached hydrogen (secondary N) is 5. The monoisotopic (exact) mass is 864 g/mol. The molecule has 4 rings (SSSR count). The van der Waals surface area contributed by atoms with Gasteiger partial charge in [-0.1, -0.05) is 54.6 Å². The van der Waals surface area contributed by atoms with Gasteiger partial charge in [0.05, 0.1) is 18.7 Å². The topological polar surface area (TPSA) is 313 Å². The minimum atomic E-state index is -1.52. The lowest BCUT2D eigenvalue weighted by molar-refractivity contribution is -0.283. The van der Waals surface area contributed by atoms with E-state index in [0.717, 1.165) is 10.9 Å². The Hall–Kier alpha value is -6.06. The Kier molecular flexibility index (Phi) is 18.7. The quantitative estimate of drug-likeness (QED) is 0.0514. The van der Waals surface area contributed by atoms with Crippen molar-refractivity contribution in [1.82, 2.24) is 31.6 Å². The number of hydrogen-bond acceptors (Lipinski definition) is 13. The summed E-state index contributed by atoms with van der Waals surface area (Å²) in [4.78, 5) is 92.6. The van der Waals surface area contributed by atoms with Gasteiger partial charge in [-0.3, -0.25) is 33.6 Å². The summed E-state index contributed by atoms with van der Waals surface area (Å²) in [6, 6.07) is 15.1. The molecule has 1 saturated heterocycles. The highest BCUT2D eigenvalue weighted by Crippen LogP contribution is 2.26. The van der Waals surface area contributed by atoms with Crippen LogP contribution in [0.4, 0.5) is 0 Å². The Morgan fingerprint density at radius 3 is 2.19 bits per heavy atom. The summed E-state index contributed by atoms with van der Waals surface area (Å²) < 4.78 is 17.6. The predicted molar refractivity (Wildman–Crippen MR) is 222 cm³/mol. The molecular weight excluding hydrogens is 809 g/mol. The molecule has 7 amide bonds. The Balaban J connectivity index is 1.23. The van der Waals surface area contributed by atoms with Crippen LogP contribution >= 0.6 is 0 Å². The van der Waals surface area contributed by atoms with E-state index in [1.165, 1.54) is 20.8 Å². The molecule has 0 aliphatic carbocycles. The third kappa shape index (κ3) is 14.5. The van der Waals surface area contributed by atoms with Gasteiger partial charge in [-0.25, -0.2) is 4.98 Å². The lowest BCUT2D eigenvalue weighted by Gasteiger charge is -2.44. The van der Waals surface area contributed by atoms with Crippen molar-refractivity contribution < 1.29 is 58.0 Å². The number of hydrogen-bond donors (Lipinski definition) is 9. The number of amides is 7. The van der Waals surface area contributed by atoms with Crippen LogP contribution in [0.5, 0.6) is 0 Å². The average molecular weight is 865 g/mol. The van der Waals surface area contributed by atoms with Crippen LogP contribution in [0.15, 0.2) is 66.7 Å². The predicted octanol–water partition coefficient (Wildman–Crippen LogP) is -1.07. The summed E-state index contributed by atoms with van der Waals surface area (Å²) in [5.41, 5.74) is 12.7. The standard InChI is InChI=1S/C42H56N8O12/c1-23(46-40(58)24(2)61-36-34(47-25(3)52)42(62-32(21-51)35(36)54)60-22-26-11-5-4-6-12-26)39(57)50-30(38(44)56)18-19-33(53)49-29(37(43)55)15-9-10-20-45-41(59)31-17-16-27-13-7-8-14-28(27)48-31/h4-8,11-14,16-17,23-24,29-30,32,34-36,42,51,54H,9-10,15,18-22H2,1-3H3,(H2,43,55)(H2,44,56)(H,45,59)(H,46,58)(H,47,52)(H,49,53)(H,50,57)/t23-,24+,29-,30+,32+,34+,35+,36+,42-/m0/s1. The molecule has 3 aromatic rings. The number of primary amides is 2. The van der Waals surface area contributed by atoms with E-state index in [1.54, 1.807) is 42.5 Å². The molecule has 0 spiro atoms. The van der Waals surface area contributed by atoms with Crippen LogP contribution in [0.2, 0.25) is 0 Å². The molecule has 0 radical (unpaired) electrons. The van der Waals surface area contributed by atoms with Crippen molar-refractivity contribution in [3.8, 4) is 0 Å². The van der Waals surface area contributed by atoms with Gasteiger partial charge in [0.15, 0.2) is 6.29 Å². The molecule has 20 nitrogen and oxygen atoms in total. The number of nitrogens with zero attached hydrogens (tertiary/aromatic N) is 1. The molecule has 1 aliphatic rings. The van der Waals surface area contributed by atoms with Gasteiger partial charge in [0.1, 0.15) is 54.3 Å². The number of aromatic nitrogens is 1. The molecule has 20 heteroatoms. The Bertz CT molecular complexity index is 2020. The van der Waals surface area contributed by atoms with Gasteiger partial charge in [0.2, 0.25) is 35.4 Å². The number of fused-ring (bicyclic) bond motifs is 1. The number of nitrogens with two attached hydrogens (primary N) is 2. The first-order valence-corrected chi connectivity index (χ1v) is 20.2. The van der Waals surface area contributed by atoms with Gasteiger partial charge >= 0.3 is 0 Å². The van der Waals surface area contributed by atoms with Gasteiger partial charge < -0.3 is 62.5 Å². The zero-order valence-corrected chi connectivity index (χ0v) is 34.8. The number of aliphatic hydroxyl groups is 2. The number of ether oxygens (including phenoxy) is 3. The Morgan fingerprint density at radius 2 is 1.52 bits per heavy atom. The van der Waals surface area contributed by atoms with E-state index >= 15 is 0 Å². The molecule has 9 atom stereocenters. The van der Waals surface area contributed by atoms with E-state index in [1.807, 2.05) is 24.3 Å². The van der Waals surface area contributed by atoms with Crippen molar-refractivity contribution >= 4 is 52.3 Å². The van der Waals surface area contributed by atoms with Gasteiger partial charge in [0.25, 0.3) is 5.91 Å². The van der Waals surface area contributed by atoms with Crippen molar-refractivity contribution in [2.75, 3.05) is 13.2 Å². The third-order valence-electron chi connectivity index (χ3n) is 10.00. The molecule has 11 N–H and O–H groups in total. The summed E-state index contributed by atoms with van der Waals surface area (Å²) in [6.45, 7) is 3.59. The lowest BCUT2D eigenvalue weighted by Crippen LogP contribution is -2.66. The Labute approximate surface area is 358 Å². The number of pyridine rings is 1. The van der Waals surface area contributed by atoms with Crippen molar-refractivity contribution in [2.24, 2.45) is 11.5 Å². The van der Waals surface area contributed by atoms with E-state index < -0.39 is 96.9 Å². The van der Waals surface area contributed by atoms with Crippen LogP contribution in [-0.2, 0) is 49.6 Å². The molecule has 2 heterocycles. The van der Waals surface area contributed by atoms with Crippen LogP contribution < -0.4 is 38.1 Å². The molecule has 1 aliphatic heterocycles. The fourth-order valence-corrected chi connectivity index (χ4v) is 6.57. The van der Waals surface area contributed by atoms with Gasteiger partial charge in [-0.15, -0.1) is 0 Å². The fourth-order valence-electron chi connectivity index (χ4n) is 6.57. The van der Waals surface area contributed by atoms with Crippen LogP contribution in [0, 0.1) is 0 Å². The lowest BCUT2D eigenvalue weighted by atomic mass is 9.96. The van der Waals surface area contributed by atoms with Crippen molar-refractivity contribution in [3.05, 3.63) is 78.0 Å². The van der Waals surface area contributed by atoms with E-state index in [2.05, 4.69) is 31.6 Å². The molecule has 1 fully saturated rings. The number of unbranched alkanes of at least 4 members (excludes halogenated alkanes) is 1.